The molecule has 0 spiro atoms. The third-order valence-electron chi connectivity index (χ3n) is 3.64. The van der Waals surface area contributed by atoms with Gasteiger partial charge in [0, 0.05) is 12.6 Å². The summed E-state index contributed by atoms with van der Waals surface area (Å²) in [7, 11) is 0. The molecule has 1 aromatic rings. The van der Waals surface area contributed by atoms with Crippen LogP contribution in [0.1, 0.15) is 25.5 Å². The average molecular weight is 257 g/mol. The number of benzene rings is 1. The zero-order valence-electron chi connectivity index (χ0n) is 11.8. The van der Waals surface area contributed by atoms with Crippen molar-refractivity contribution in [2.45, 2.75) is 32.0 Å². The molecule has 0 aromatic heterocycles. The van der Waals surface area contributed by atoms with Crippen LogP contribution >= 0.6 is 0 Å². The Morgan fingerprint density at radius 3 is 2.79 bits per heavy atom. The van der Waals surface area contributed by atoms with E-state index in [2.05, 4.69) is 60.9 Å². The summed E-state index contributed by atoms with van der Waals surface area (Å²) in [5.74, 6) is 0. The van der Waals surface area contributed by atoms with Gasteiger partial charge in [-0.25, -0.2) is 0 Å². The Kier molecular flexibility index (Phi) is 4.94. The highest BCUT2D eigenvalue weighted by molar-refractivity contribution is 5.21. The first-order valence-corrected chi connectivity index (χ1v) is 6.94. The first kappa shape index (κ1) is 14.0. The Balaban J connectivity index is 1.96. The molecule has 4 atom stereocenters. The molecule has 2 heteroatoms. The molecule has 1 saturated heterocycles. The first-order chi connectivity index (χ1) is 9.27. The number of nitrogens with zero attached hydrogens (tertiary/aromatic N) is 1. The Labute approximate surface area is 116 Å². The number of rotatable bonds is 7. The molecule has 1 aromatic carbocycles. The second-order valence-corrected chi connectivity index (χ2v) is 4.96. The van der Waals surface area contributed by atoms with Gasteiger partial charge in [-0.05, 0) is 19.4 Å². The summed E-state index contributed by atoms with van der Waals surface area (Å²) in [5, 5.41) is 0. The quantitative estimate of drug-likeness (QED) is 0.547. The van der Waals surface area contributed by atoms with Crippen LogP contribution in [-0.4, -0.2) is 30.2 Å². The SMILES string of the molecule is C=CCO[C@@H](/C=C/C)C1CN1[C@H](C)c1ccccc1. The minimum Gasteiger partial charge on any atom is -0.368 e. The molecule has 0 N–H and O–H groups in total. The summed E-state index contributed by atoms with van der Waals surface area (Å²) in [6, 6.07) is 11.6. The molecule has 2 unspecified atom stereocenters. The van der Waals surface area contributed by atoms with Crippen molar-refractivity contribution in [3.63, 3.8) is 0 Å². The molecule has 1 fully saturated rings. The molecule has 2 nitrogen and oxygen atoms in total. The Bertz CT molecular complexity index is 426. The van der Waals surface area contributed by atoms with E-state index in [4.69, 9.17) is 4.74 Å². The van der Waals surface area contributed by atoms with Gasteiger partial charge in [-0.2, -0.15) is 0 Å². The summed E-state index contributed by atoms with van der Waals surface area (Å²) >= 11 is 0. The van der Waals surface area contributed by atoms with E-state index in [1.807, 2.05) is 13.0 Å². The molecular weight excluding hydrogens is 234 g/mol. The second-order valence-electron chi connectivity index (χ2n) is 4.96. The highest BCUT2D eigenvalue weighted by Crippen LogP contribution is 2.34. The van der Waals surface area contributed by atoms with Crippen molar-refractivity contribution in [2.24, 2.45) is 0 Å². The standard InChI is InChI=1S/C17H23NO/c1-4-9-17(19-12-5-2)16-13-18(16)14(3)15-10-7-6-8-11-15/h4-11,14,16-17H,2,12-13H2,1,3H3/b9-4+/t14-,16?,17+,18?/m1/s1. The predicted octanol–water partition coefficient (Wildman–Crippen LogP) is 3.58. The van der Waals surface area contributed by atoms with Crippen LogP contribution in [0.25, 0.3) is 0 Å². The molecule has 1 aliphatic heterocycles. The highest BCUT2D eigenvalue weighted by Gasteiger charge is 2.43. The highest BCUT2D eigenvalue weighted by atomic mass is 16.5. The predicted molar refractivity (Wildman–Crippen MR) is 80.1 cm³/mol. The van der Waals surface area contributed by atoms with E-state index in [1.54, 1.807) is 0 Å². The summed E-state index contributed by atoms with van der Waals surface area (Å²) in [6.45, 7) is 9.72. The Morgan fingerprint density at radius 2 is 2.16 bits per heavy atom. The summed E-state index contributed by atoms with van der Waals surface area (Å²) in [6.07, 6.45) is 6.20. The Hall–Kier alpha value is -1.38. The van der Waals surface area contributed by atoms with Crippen molar-refractivity contribution >= 4 is 0 Å². The van der Waals surface area contributed by atoms with Crippen LogP contribution in [0.3, 0.4) is 0 Å². The molecular formula is C17H23NO. The average Bonchev–Trinajstić information content (AvgIpc) is 3.24. The zero-order valence-corrected chi connectivity index (χ0v) is 11.8. The van der Waals surface area contributed by atoms with Crippen LogP contribution in [0, 0.1) is 0 Å². The third-order valence-corrected chi connectivity index (χ3v) is 3.64. The van der Waals surface area contributed by atoms with Crippen LogP contribution in [-0.2, 0) is 4.74 Å². The topological polar surface area (TPSA) is 12.2 Å². The van der Waals surface area contributed by atoms with Gasteiger partial charge in [0.25, 0.3) is 0 Å². The second kappa shape index (κ2) is 6.69. The van der Waals surface area contributed by atoms with Crippen molar-refractivity contribution in [2.75, 3.05) is 13.2 Å². The molecule has 1 aliphatic rings. The summed E-state index contributed by atoms with van der Waals surface area (Å²) in [5.41, 5.74) is 1.37. The van der Waals surface area contributed by atoms with E-state index in [1.165, 1.54) is 5.56 Å². The van der Waals surface area contributed by atoms with Crippen LogP contribution in [0.4, 0.5) is 0 Å². The fourth-order valence-corrected chi connectivity index (χ4v) is 2.49. The maximum atomic E-state index is 5.83. The fraction of sp³-hybridized carbons (Fsp3) is 0.412. The molecule has 1 heterocycles. The largest absolute Gasteiger partial charge is 0.368 e. The molecule has 0 aliphatic carbocycles. The van der Waals surface area contributed by atoms with E-state index < -0.39 is 0 Å². The lowest BCUT2D eigenvalue weighted by atomic mass is 10.1. The molecule has 19 heavy (non-hydrogen) atoms. The molecule has 2 rings (SSSR count). The monoisotopic (exact) mass is 257 g/mol. The first-order valence-electron chi connectivity index (χ1n) is 6.94. The van der Waals surface area contributed by atoms with E-state index in [-0.39, 0.29) is 6.10 Å². The minimum absolute atomic E-state index is 0.175. The maximum Gasteiger partial charge on any atom is 0.0927 e. The van der Waals surface area contributed by atoms with Gasteiger partial charge in [-0.1, -0.05) is 48.6 Å². The van der Waals surface area contributed by atoms with Gasteiger partial charge in [0.05, 0.1) is 18.8 Å². The molecule has 0 radical (unpaired) electrons. The van der Waals surface area contributed by atoms with Crippen molar-refractivity contribution < 1.29 is 4.74 Å². The van der Waals surface area contributed by atoms with Crippen LogP contribution in [0.15, 0.2) is 55.1 Å². The normalized spacial score (nSPS) is 25.2. The summed E-state index contributed by atoms with van der Waals surface area (Å²) in [4.78, 5) is 2.48. The van der Waals surface area contributed by atoms with Gasteiger partial charge in [0.15, 0.2) is 0 Å². The molecule has 102 valence electrons. The van der Waals surface area contributed by atoms with E-state index >= 15 is 0 Å². The van der Waals surface area contributed by atoms with Crippen LogP contribution < -0.4 is 0 Å². The lowest BCUT2D eigenvalue weighted by Crippen LogP contribution is -2.22. The van der Waals surface area contributed by atoms with Gasteiger partial charge in [0.2, 0.25) is 0 Å². The van der Waals surface area contributed by atoms with Gasteiger partial charge in [-0.15, -0.1) is 6.58 Å². The molecule has 0 bridgehead atoms. The zero-order chi connectivity index (χ0) is 13.7. The van der Waals surface area contributed by atoms with Crippen molar-refractivity contribution in [1.29, 1.82) is 0 Å². The van der Waals surface area contributed by atoms with Crippen LogP contribution in [0.2, 0.25) is 0 Å². The number of ether oxygens (including phenoxy) is 1. The van der Waals surface area contributed by atoms with Crippen LogP contribution in [0.5, 0.6) is 0 Å². The Morgan fingerprint density at radius 1 is 1.42 bits per heavy atom. The van der Waals surface area contributed by atoms with Crippen molar-refractivity contribution in [3.8, 4) is 0 Å². The van der Waals surface area contributed by atoms with Crippen molar-refractivity contribution in [3.05, 3.63) is 60.7 Å². The third kappa shape index (κ3) is 3.55. The molecule has 0 amide bonds. The van der Waals surface area contributed by atoms with Gasteiger partial charge in [0.1, 0.15) is 0 Å². The van der Waals surface area contributed by atoms with E-state index in [0.717, 1.165) is 6.54 Å². The molecule has 0 saturated carbocycles. The maximum absolute atomic E-state index is 5.83. The smallest absolute Gasteiger partial charge is 0.0927 e. The van der Waals surface area contributed by atoms with E-state index in [0.29, 0.717) is 18.7 Å². The number of allylic oxidation sites excluding steroid dienone is 1. The van der Waals surface area contributed by atoms with Gasteiger partial charge in [-0.3, -0.25) is 4.90 Å². The van der Waals surface area contributed by atoms with E-state index in [9.17, 15) is 0 Å². The minimum atomic E-state index is 0.175. The van der Waals surface area contributed by atoms with Crippen molar-refractivity contribution in [1.82, 2.24) is 4.90 Å². The fourth-order valence-electron chi connectivity index (χ4n) is 2.49. The van der Waals surface area contributed by atoms with Gasteiger partial charge < -0.3 is 4.74 Å². The number of hydrogen-bond donors (Lipinski definition) is 0. The number of hydrogen-bond acceptors (Lipinski definition) is 2. The van der Waals surface area contributed by atoms with Gasteiger partial charge >= 0.3 is 0 Å². The lowest BCUT2D eigenvalue weighted by molar-refractivity contribution is 0.0944. The lowest BCUT2D eigenvalue weighted by Gasteiger charge is -2.18. The summed E-state index contributed by atoms with van der Waals surface area (Å²) < 4.78 is 5.83.